The maximum atomic E-state index is 12.4. The van der Waals surface area contributed by atoms with Gasteiger partial charge in [0.05, 0.1) is 116 Å². The Morgan fingerprint density at radius 3 is 1.12 bits per heavy atom. The molecule has 0 atom stereocenters. The van der Waals surface area contributed by atoms with Crippen molar-refractivity contribution in [3.63, 3.8) is 0 Å². The minimum Gasteiger partial charge on any atom is -0.337 e. The Labute approximate surface area is 745 Å². The van der Waals surface area contributed by atoms with E-state index in [9.17, 15) is 8.42 Å². The van der Waals surface area contributed by atoms with Gasteiger partial charge in [0.1, 0.15) is 4.83 Å². The van der Waals surface area contributed by atoms with Gasteiger partial charge in [-0.3, -0.25) is 41.3 Å². The van der Waals surface area contributed by atoms with Crippen LogP contribution in [0.2, 0.25) is 0 Å². The van der Waals surface area contributed by atoms with Crippen molar-refractivity contribution in [2.75, 3.05) is 35.4 Å². The molecule has 4 aliphatic rings. The summed E-state index contributed by atoms with van der Waals surface area (Å²) in [5.41, 5.74) is 22.8. The number of pyridine rings is 2. The highest BCUT2D eigenvalue weighted by atomic mass is 32.2. The molecule has 128 heavy (non-hydrogen) atoms. The molecule has 16 aromatic heterocycles. The number of imidazole rings is 4. The first-order valence-corrected chi connectivity index (χ1v) is 46.2. The van der Waals surface area contributed by atoms with Crippen molar-refractivity contribution >= 4 is 153 Å². The molecule has 29 nitrogen and oxygen atoms in total. The number of sulfonamides is 1. The summed E-state index contributed by atoms with van der Waals surface area (Å²) in [5.74, 6) is 2.89. The van der Waals surface area contributed by atoms with E-state index < -0.39 is 10.0 Å². The summed E-state index contributed by atoms with van der Waals surface area (Å²) >= 11 is 3.35. The van der Waals surface area contributed by atoms with E-state index in [4.69, 9.17) is 34.9 Å². The van der Waals surface area contributed by atoms with Crippen LogP contribution in [0.3, 0.4) is 0 Å². The fourth-order valence-electron chi connectivity index (χ4n) is 16.8. The first-order chi connectivity index (χ1) is 62.6. The van der Waals surface area contributed by atoms with Gasteiger partial charge in [-0.15, -0.1) is 11.3 Å². The molecule has 0 amide bonds. The monoisotopic (exact) mass is 1750 g/mol. The first-order valence-electron chi connectivity index (χ1n) is 43.1. The van der Waals surface area contributed by atoms with Crippen molar-refractivity contribution in [2.24, 2.45) is 28.2 Å². The molecular weight excluding hydrogens is 1660 g/mol. The van der Waals surface area contributed by atoms with Crippen LogP contribution in [-0.2, 0) is 38.2 Å². The third-order valence-electron chi connectivity index (χ3n) is 23.4. The lowest BCUT2D eigenvalue weighted by Crippen LogP contribution is -2.22. The van der Waals surface area contributed by atoms with Gasteiger partial charge in [-0.25, -0.2) is 57.6 Å². The van der Waals surface area contributed by atoms with Crippen molar-refractivity contribution in [1.29, 1.82) is 0 Å². The van der Waals surface area contributed by atoms with E-state index in [2.05, 4.69) is 167 Å². The molecule has 16 heterocycles. The number of allylic oxidation sites excluding steroid dienone is 8. The fraction of sp³-hybridized carbons (Fsp3) is 0.229. The topological polar surface area (TPSA) is 303 Å². The lowest BCUT2D eigenvalue weighted by molar-refractivity contribution is 0.521. The minimum atomic E-state index is -3.49. The zero-order valence-electron chi connectivity index (χ0n) is 71.7. The first kappa shape index (κ1) is 81.9. The number of hydrogen-bond donors (Lipinski definition) is 4. The highest BCUT2D eigenvalue weighted by molar-refractivity contribution is 7.89. The quantitative estimate of drug-likeness (QED) is 0.0620. The normalized spacial score (nSPS) is 14.3. The van der Waals surface area contributed by atoms with E-state index in [1.165, 1.54) is 95.7 Å². The molecule has 0 unspecified atom stereocenters. The van der Waals surface area contributed by atoms with Gasteiger partial charge >= 0.3 is 0 Å². The molecule has 0 radical (unpaired) electrons. The third-order valence-corrected chi connectivity index (χ3v) is 27.3. The third kappa shape index (κ3) is 17.2. The second-order valence-electron chi connectivity index (χ2n) is 32.6. The SMILES string of the molecule is CN(C)S(=O)(=O)c1ccc(Nc2nc(C3=CCCCC3)cn3c(-c4cnn(C)c4)cnc23)cc1.Cn1cc(-c2cnc3c(Nc4cc5ccccc5s4)nc(C4=CCCCC4)cn23)cn1.Cn1cc(-c2cnc3c(Nc4cc5cccnc5s4)nc(C4=CCCCC4)cn23)cn1.Cn1cc(-c2cnc3c(Nc4ccc5ncccc5c4)nc(C4=CCCCC4)cn23)cn1. The van der Waals surface area contributed by atoms with Crippen LogP contribution in [0.1, 0.15) is 126 Å². The Bertz CT molecular complexity index is 7340. The van der Waals surface area contributed by atoms with Crippen LogP contribution in [-0.4, -0.2) is 133 Å². The zero-order chi connectivity index (χ0) is 86.9. The largest absolute Gasteiger partial charge is 0.337 e. The summed E-state index contributed by atoms with van der Waals surface area (Å²) in [5, 5.41) is 36.8. The summed E-state index contributed by atoms with van der Waals surface area (Å²) in [6.45, 7) is 0. The summed E-state index contributed by atoms with van der Waals surface area (Å²) in [6, 6.07) is 33.6. The zero-order valence-corrected chi connectivity index (χ0v) is 74.1. The molecule has 0 fully saturated rings. The number of rotatable bonds is 18. The predicted octanol–water partition coefficient (Wildman–Crippen LogP) is 20.9. The van der Waals surface area contributed by atoms with Crippen molar-refractivity contribution in [3.05, 3.63) is 262 Å². The van der Waals surface area contributed by atoms with Crippen LogP contribution < -0.4 is 21.3 Å². The standard InChI is InChI=1S/C25H23N7.C24H27N7O2S.C24H22N6S.C23H21N7S/c1-31-15-19(13-28-31)23-14-27-25-24(29-20-9-10-21-18(12-20)8-5-11-26-21)30-22(16-32(23)25)17-6-3-2-4-7-17;1-29(2)34(32,33)20-11-9-19(10-12-20)27-23-24-25-14-22(18-13-26-30(3)15-18)31(24)16-21(28-23)17-7-5-4-6-8-17;1-29-14-18(12-26-29)20-13-25-24-23(28-22-11-17-9-5-6-10-21(17)31-22)27-19(15-30(20)24)16-7-3-2-4-8-16;1-29-13-17(11-26-29)19-12-25-22-21(28-20-10-16-8-5-9-24-23(16)31-20)27-18(14-30(19)22)15-6-3-2-4-7-15/h5-6,8-16H,2-4,7H2,1H3,(H,29,30);7,9-16H,4-6,8H2,1-3H3,(H,27,28);5-7,9-15H,2-4,8H2,1H3,(H,27,28);5-6,8-14H,2-4,7H2,1H3,(H,27,28). The fourth-order valence-corrected chi connectivity index (χ4v) is 19.6. The van der Waals surface area contributed by atoms with Crippen molar-refractivity contribution in [1.82, 2.24) is 111 Å². The maximum Gasteiger partial charge on any atom is 0.242 e. The Morgan fingerprint density at radius 1 is 0.359 bits per heavy atom. The lowest BCUT2D eigenvalue weighted by atomic mass is 9.97. The lowest BCUT2D eigenvalue weighted by Gasteiger charge is -2.16. The predicted molar refractivity (Wildman–Crippen MR) is 510 cm³/mol. The average molecular weight is 1750 g/mol. The molecule has 0 spiro atoms. The molecule has 0 bridgehead atoms. The van der Waals surface area contributed by atoms with E-state index in [1.807, 2.05) is 164 Å². The Morgan fingerprint density at radius 2 is 0.734 bits per heavy atom. The minimum absolute atomic E-state index is 0.238. The second-order valence-corrected chi connectivity index (χ2v) is 36.9. The molecule has 642 valence electrons. The van der Waals surface area contributed by atoms with E-state index in [-0.39, 0.29) is 4.90 Å². The van der Waals surface area contributed by atoms with Gasteiger partial charge in [0.15, 0.2) is 45.9 Å². The van der Waals surface area contributed by atoms with Gasteiger partial charge in [-0.2, -0.15) is 20.4 Å². The molecule has 4 aliphatic carbocycles. The molecule has 32 heteroatoms. The Hall–Kier alpha value is -14.5. The van der Waals surface area contributed by atoms with E-state index in [0.717, 1.165) is 202 Å². The van der Waals surface area contributed by atoms with E-state index in [0.29, 0.717) is 11.5 Å². The number of aromatic nitrogens is 22. The van der Waals surface area contributed by atoms with Gasteiger partial charge < -0.3 is 21.3 Å². The summed E-state index contributed by atoms with van der Waals surface area (Å²) in [6.07, 6.45) is 62.5. The number of fused-ring (bicyclic) bond motifs is 7. The van der Waals surface area contributed by atoms with E-state index >= 15 is 0 Å². The number of aryl methyl sites for hydroxylation is 4. The van der Waals surface area contributed by atoms with Gasteiger partial charge in [0, 0.05) is 153 Å². The number of nitrogens with one attached hydrogen (secondary N) is 4. The molecule has 4 N–H and O–H groups in total. The number of hydrogen-bond acceptors (Lipinski definition) is 22. The van der Waals surface area contributed by atoms with Crippen LogP contribution in [0.5, 0.6) is 0 Å². The summed E-state index contributed by atoms with van der Waals surface area (Å²) in [7, 11) is 7.22. The number of nitrogens with zero attached hydrogens (tertiary/aromatic N) is 23. The highest BCUT2D eigenvalue weighted by Crippen LogP contribution is 2.41. The molecule has 3 aromatic carbocycles. The molecule has 0 aliphatic heterocycles. The number of benzene rings is 3. The summed E-state index contributed by atoms with van der Waals surface area (Å²) in [4.78, 5) is 48.9. The van der Waals surface area contributed by atoms with Gasteiger partial charge in [-0.05, 0) is 203 Å². The smallest absolute Gasteiger partial charge is 0.242 e. The molecule has 0 saturated heterocycles. The molecule has 23 rings (SSSR count). The van der Waals surface area contributed by atoms with Crippen LogP contribution in [0.25, 0.3) is 121 Å². The van der Waals surface area contributed by atoms with Gasteiger partial charge in [-0.1, -0.05) is 66.0 Å². The maximum absolute atomic E-state index is 12.4. The number of thiophene rings is 2. The van der Waals surface area contributed by atoms with Gasteiger partial charge in [0.25, 0.3) is 0 Å². The molecule has 0 saturated carbocycles. The van der Waals surface area contributed by atoms with Crippen LogP contribution >= 0.6 is 22.7 Å². The van der Waals surface area contributed by atoms with Crippen molar-refractivity contribution in [3.8, 4) is 45.0 Å². The van der Waals surface area contributed by atoms with Crippen molar-refractivity contribution in [2.45, 2.75) is 108 Å². The molecule has 19 aromatic rings. The van der Waals surface area contributed by atoms with E-state index in [1.54, 1.807) is 51.6 Å². The Balaban J connectivity index is 0.000000107. The number of anilines is 8. The van der Waals surface area contributed by atoms with Gasteiger partial charge in [0.2, 0.25) is 10.0 Å². The van der Waals surface area contributed by atoms with Crippen LogP contribution in [0.15, 0.2) is 244 Å². The van der Waals surface area contributed by atoms with Crippen LogP contribution in [0, 0.1) is 0 Å². The van der Waals surface area contributed by atoms with Crippen molar-refractivity contribution < 1.29 is 8.42 Å². The highest BCUT2D eigenvalue weighted by Gasteiger charge is 2.25. The summed E-state index contributed by atoms with van der Waals surface area (Å²) < 4.78 is 42.9. The van der Waals surface area contributed by atoms with Crippen LogP contribution in [0.4, 0.5) is 44.6 Å². The Kier molecular flexibility index (Phi) is 22.7. The molecular formula is C96H93N27O2S3. The second kappa shape index (κ2) is 35.5. The average Bonchev–Trinajstić information content (AvgIpc) is 1.62.